The molecule has 0 radical (unpaired) electrons. The van der Waals surface area contributed by atoms with Gasteiger partial charge in [-0.25, -0.2) is 9.97 Å². The van der Waals surface area contributed by atoms with E-state index >= 15 is 0 Å². The Balaban J connectivity index is 2.03. The van der Waals surface area contributed by atoms with Gasteiger partial charge in [-0.1, -0.05) is 18.2 Å². The van der Waals surface area contributed by atoms with Gasteiger partial charge in [0.05, 0.1) is 12.3 Å². The minimum Gasteiger partial charge on any atom is -0.494 e. The number of hydrogen-bond donors (Lipinski definition) is 1. The Morgan fingerprint density at radius 2 is 2.05 bits per heavy atom. The first kappa shape index (κ1) is 14.5. The van der Waals surface area contributed by atoms with Crippen LogP contribution in [0.5, 0.6) is 5.75 Å². The molecule has 2 rings (SSSR count). The summed E-state index contributed by atoms with van der Waals surface area (Å²) in [5.74, 6) is 1.74. The molecule has 0 amide bonds. The van der Waals surface area contributed by atoms with Crippen molar-refractivity contribution in [2.45, 2.75) is 33.4 Å². The molecule has 106 valence electrons. The fourth-order valence-electron chi connectivity index (χ4n) is 2.10. The summed E-state index contributed by atoms with van der Waals surface area (Å²) < 4.78 is 5.66. The molecule has 0 aliphatic heterocycles. The van der Waals surface area contributed by atoms with Crippen LogP contribution < -0.4 is 10.1 Å². The molecular weight excluding hydrogens is 250 g/mol. The van der Waals surface area contributed by atoms with Crippen molar-refractivity contribution in [1.82, 2.24) is 15.3 Å². The molecule has 1 unspecified atom stereocenters. The van der Waals surface area contributed by atoms with Gasteiger partial charge in [-0.15, -0.1) is 0 Å². The Morgan fingerprint density at radius 3 is 2.80 bits per heavy atom. The Hall–Kier alpha value is -1.94. The Morgan fingerprint density at radius 1 is 1.25 bits per heavy atom. The van der Waals surface area contributed by atoms with Gasteiger partial charge in [0, 0.05) is 24.3 Å². The first-order chi connectivity index (χ1) is 9.70. The Kier molecular flexibility index (Phi) is 5.07. The molecule has 1 atom stereocenters. The van der Waals surface area contributed by atoms with Crippen LogP contribution in [0.4, 0.5) is 0 Å². The molecule has 1 heterocycles. The van der Waals surface area contributed by atoms with E-state index in [1.54, 1.807) is 6.20 Å². The van der Waals surface area contributed by atoms with Gasteiger partial charge in [-0.3, -0.25) is 0 Å². The Labute approximate surface area is 120 Å². The lowest BCUT2D eigenvalue weighted by Gasteiger charge is -2.17. The quantitative estimate of drug-likeness (QED) is 0.877. The summed E-state index contributed by atoms with van der Waals surface area (Å²) in [5, 5.41) is 3.47. The van der Waals surface area contributed by atoms with Gasteiger partial charge in [0.1, 0.15) is 11.6 Å². The maximum atomic E-state index is 5.66. The molecule has 4 heteroatoms. The van der Waals surface area contributed by atoms with Crippen LogP contribution in [0.3, 0.4) is 0 Å². The van der Waals surface area contributed by atoms with E-state index in [2.05, 4.69) is 28.3 Å². The van der Waals surface area contributed by atoms with E-state index in [1.807, 2.05) is 38.1 Å². The maximum Gasteiger partial charge on any atom is 0.125 e. The molecule has 4 nitrogen and oxygen atoms in total. The average Bonchev–Trinajstić information content (AvgIpc) is 2.46. The monoisotopic (exact) mass is 271 g/mol. The van der Waals surface area contributed by atoms with Crippen molar-refractivity contribution in [3.8, 4) is 5.75 Å². The number of ether oxygens (including phenoxy) is 1. The zero-order chi connectivity index (χ0) is 14.4. The number of benzene rings is 1. The number of nitrogens with zero attached hydrogens (tertiary/aromatic N) is 2. The smallest absolute Gasteiger partial charge is 0.125 e. The number of nitrogens with one attached hydrogen (secondary N) is 1. The van der Waals surface area contributed by atoms with Crippen molar-refractivity contribution in [2.24, 2.45) is 0 Å². The summed E-state index contributed by atoms with van der Waals surface area (Å²) in [6.07, 6.45) is 1.79. The molecule has 0 spiro atoms. The van der Waals surface area contributed by atoms with Gasteiger partial charge in [0.25, 0.3) is 0 Å². The van der Waals surface area contributed by atoms with Gasteiger partial charge in [0.2, 0.25) is 0 Å². The molecule has 20 heavy (non-hydrogen) atoms. The van der Waals surface area contributed by atoms with Crippen molar-refractivity contribution in [3.63, 3.8) is 0 Å². The summed E-state index contributed by atoms with van der Waals surface area (Å²) >= 11 is 0. The summed E-state index contributed by atoms with van der Waals surface area (Å²) in [7, 11) is 0. The second-order valence-electron chi connectivity index (χ2n) is 4.67. The molecule has 0 aliphatic rings. The fourth-order valence-corrected chi connectivity index (χ4v) is 2.10. The van der Waals surface area contributed by atoms with Crippen LogP contribution in [-0.4, -0.2) is 16.6 Å². The summed E-state index contributed by atoms with van der Waals surface area (Å²) in [6, 6.07) is 10.3. The molecule has 1 aromatic heterocycles. The summed E-state index contributed by atoms with van der Waals surface area (Å²) in [5.41, 5.74) is 2.17. The fraction of sp³-hybridized carbons (Fsp3) is 0.375. The minimum absolute atomic E-state index is 0.202. The third-order valence-electron chi connectivity index (χ3n) is 3.11. The standard InChI is InChI=1S/C16H21N3O/c1-4-20-16-8-6-5-7-15(16)12(2)18-11-14-9-10-17-13(3)19-14/h5-10,12,18H,4,11H2,1-3H3. The lowest BCUT2D eigenvalue weighted by Crippen LogP contribution is -2.19. The van der Waals surface area contributed by atoms with E-state index in [-0.39, 0.29) is 6.04 Å². The van der Waals surface area contributed by atoms with Gasteiger partial charge < -0.3 is 10.1 Å². The summed E-state index contributed by atoms with van der Waals surface area (Å²) in [4.78, 5) is 8.50. The first-order valence-corrected chi connectivity index (χ1v) is 6.94. The maximum absolute atomic E-state index is 5.66. The SMILES string of the molecule is CCOc1ccccc1C(C)NCc1ccnc(C)n1. The number of hydrogen-bond acceptors (Lipinski definition) is 4. The van der Waals surface area contributed by atoms with Crippen LogP contribution in [-0.2, 0) is 6.54 Å². The van der Waals surface area contributed by atoms with Crippen LogP contribution in [0.2, 0.25) is 0 Å². The van der Waals surface area contributed by atoms with E-state index in [4.69, 9.17) is 4.74 Å². The van der Waals surface area contributed by atoms with E-state index in [0.717, 1.165) is 17.3 Å². The van der Waals surface area contributed by atoms with Gasteiger partial charge in [-0.2, -0.15) is 0 Å². The normalized spacial score (nSPS) is 12.2. The molecule has 2 aromatic rings. The number of para-hydroxylation sites is 1. The number of rotatable bonds is 6. The van der Waals surface area contributed by atoms with Crippen molar-refractivity contribution in [2.75, 3.05) is 6.61 Å². The van der Waals surface area contributed by atoms with Crippen LogP contribution in [0, 0.1) is 6.92 Å². The van der Waals surface area contributed by atoms with E-state index in [9.17, 15) is 0 Å². The van der Waals surface area contributed by atoms with Crippen LogP contribution in [0.15, 0.2) is 36.5 Å². The van der Waals surface area contributed by atoms with Crippen molar-refractivity contribution in [3.05, 3.63) is 53.6 Å². The molecule has 0 aliphatic carbocycles. The molecule has 0 fully saturated rings. The number of aryl methyl sites for hydroxylation is 1. The third kappa shape index (κ3) is 3.78. The molecule has 0 saturated carbocycles. The van der Waals surface area contributed by atoms with Gasteiger partial charge in [0.15, 0.2) is 0 Å². The lowest BCUT2D eigenvalue weighted by molar-refractivity contribution is 0.332. The molecule has 0 bridgehead atoms. The molecule has 1 aromatic carbocycles. The van der Waals surface area contributed by atoms with Crippen LogP contribution in [0.25, 0.3) is 0 Å². The predicted molar refractivity (Wildman–Crippen MR) is 79.6 cm³/mol. The molecule has 1 N–H and O–H groups in total. The van der Waals surface area contributed by atoms with Crippen LogP contribution >= 0.6 is 0 Å². The van der Waals surface area contributed by atoms with Crippen molar-refractivity contribution >= 4 is 0 Å². The third-order valence-corrected chi connectivity index (χ3v) is 3.11. The highest BCUT2D eigenvalue weighted by molar-refractivity contribution is 5.35. The highest BCUT2D eigenvalue weighted by Gasteiger charge is 2.10. The first-order valence-electron chi connectivity index (χ1n) is 6.94. The van der Waals surface area contributed by atoms with Crippen molar-refractivity contribution < 1.29 is 4.74 Å². The zero-order valence-corrected chi connectivity index (χ0v) is 12.3. The number of aromatic nitrogens is 2. The van der Waals surface area contributed by atoms with Crippen LogP contribution in [0.1, 0.15) is 37.0 Å². The second-order valence-corrected chi connectivity index (χ2v) is 4.67. The predicted octanol–water partition coefficient (Wildman–Crippen LogP) is 3.03. The highest BCUT2D eigenvalue weighted by atomic mass is 16.5. The molecular formula is C16H21N3O. The van der Waals surface area contributed by atoms with Crippen molar-refractivity contribution in [1.29, 1.82) is 0 Å². The second kappa shape index (κ2) is 7.01. The van der Waals surface area contributed by atoms with Gasteiger partial charge >= 0.3 is 0 Å². The van der Waals surface area contributed by atoms with E-state index in [0.29, 0.717) is 13.2 Å². The highest BCUT2D eigenvalue weighted by Crippen LogP contribution is 2.24. The average molecular weight is 271 g/mol. The largest absolute Gasteiger partial charge is 0.494 e. The lowest BCUT2D eigenvalue weighted by atomic mass is 10.1. The van der Waals surface area contributed by atoms with E-state index < -0.39 is 0 Å². The van der Waals surface area contributed by atoms with E-state index in [1.165, 1.54) is 5.56 Å². The Bertz CT molecular complexity index is 557. The summed E-state index contributed by atoms with van der Waals surface area (Å²) in [6.45, 7) is 7.42. The minimum atomic E-state index is 0.202. The topological polar surface area (TPSA) is 47.0 Å². The zero-order valence-electron chi connectivity index (χ0n) is 12.3. The molecule has 0 saturated heterocycles. The van der Waals surface area contributed by atoms with Gasteiger partial charge in [-0.05, 0) is 32.9 Å².